The maximum absolute atomic E-state index is 12.7. The Balaban J connectivity index is 1.41. The van der Waals surface area contributed by atoms with E-state index < -0.39 is 0 Å². The van der Waals surface area contributed by atoms with E-state index in [1.807, 2.05) is 42.5 Å². The number of amides is 1. The Hall–Kier alpha value is -1.78. The number of hydrogen-bond acceptors (Lipinski definition) is 3. The molecule has 2 aromatic rings. The van der Waals surface area contributed by atoms with Gasteiger partial charge in [0.1, 0.15) is 0 Å². The van der Waals surface area contributed by atoms with Crippen molar-refractivity contribution in [3.05, 3.63) is 60.2 Å². The van der Waals surface area contributed by atoms with E-state index in [-0.39, 0.29) is 11.9 Å². The first-order valence-electron chi connectivity index (χ1n) is 9.08. The summed E-state index contributed by atoms with van der Waals surface area (Å²) < 4.78 is 0. The van der Waals surface area contributed by atoms with Crippen molar-refractivity contribution >= 4 is 17.7 Å². The number of benzene rings is 2. The normalized spacial score (nSPS) is 27.9. The van der Waals surface area contributed by atoms with Crippen LogP contribution in [0.3, 0.4) is 0 Å². The fourth-order valence-corrected chi connectivity index (χ4v) is 4.92. The van der Waals surface area contributed by atoms with E-state index in [9.17, 15) is 4.79 Å². The Morgan fingerprint density at radius 3 is 2.28 bits per heavy atom. The minimum atomic E-state index is 0.0573. The molecule has 3 saturated heterocycles. The fraction of sp³-hybridized carbons (Fsp3) is 0.381. The van der Waals surface area contributed by atoms with E-state index in [2.05, 4.69) is 29.3 Å². The zero-order valence-corrected chi connectivity index (χ0v) is 15.3. The van der Waals surface area contributed by atoms with Gasteiger partial charge in [0.15, 0.2) is 0 Å². The van der Waals surface area contributed by atoms with E-state index in [0.717, 1.165) is 10.5 Å². The van der Waals surface area contributed by atoms with Crippen molar-refractivity contribution in [1.82, 2.24) is 10.2 Å². The molecule has 0 radical (unpaired) electrons. The lowest BCUT2D eigenvalue weighted by Gasteiger charge is -2.49. The van der Waals surface area contributed by atoms with Gasteiger partial charge in [0.05, 0.1) is 0 Å². The molecule has 3 aliphatic rings. The SMILES string of the molecule is C[C@H]1[C@H](NC(=O)c2ccc(Sc3ccccc3)cc2)C2CCN1CC2. The molecule has 2 aromatic carbocycles. The molecule has 3 heterocycles. The van der Waals surface area contributed by atoms with Crippen LogP contribution in [0.15, 0.2) is 64.4 Å². The minimum absolute atomic E-state index is 0.0573. The Labute approximate surface area is 153 Å². The average Bonchev–Trinajstić information content (AvgIpc) is 2.66. The van der Waals surface area contributed by atoms with Crippen LogP contribution in [0.5, 0.6) is 0 Å². The van der Waals surface area contributed by atoms with Crippen LogP contribution in [0.1, 0.15) is 30.1 Å². The highest BCUT2D eigenvalue weighted by Gasteiger charge is 2.40. The van der Waals surface area contributed by atoms with E-state index in [4.69, 9.17) is 0 Å². The predicted molar refractivity (Wildman–Crippen MR) is 102 cm³/mol. The van der Waals surface area contributed by atoms with Crippen molar-refractivity contribution in [2.45, 2.75) is 41.6 Å². The summed E-state index contributed by atoms with van der Waals surface area (Å²) in [6.45, 7) is 4.61. The van der Waals surface area contributed by atoms with Crippen LogP contribution in [-0.2, 0) is 0 Å². The molecule has 0 spiro atoms. The molecule has 0 aromatic heterocycles. The first kappa shape index (κ1) is 16.7. The Kier molecular flexibility index (Phi) is 4.82. The number of carbonyl (C=O) groups excluding carboxylic acids is 1. The van der Waals surface area contributed by atoms with Gasteiger partial charge < -0.3 is 5.32 Å². The van der Waals surface area contributed by atoms with Crippen LogP contribution in [0, 0.1) is 5.92 Å². The molecule has 3 aliphatic heterocycles. The number of hydrogen-bond donors (Lipinski definition) is 1. The van der Waals surface area contributed by atoms with Crippen molar-refractivity contribution in [2.24, 2.45) is 5.92 Å². The molecule has 2 atom stereocenters. The lowest BCUT2D eigenvalue weighted by Crippen LogP contribution is -2.62. The number of piperidine rings is 3. The maximum atomic E-state index is 12.7. The van der Waals surface area contributed by atoms with Crippen molar-refractivity contribution in [3.63, 3.8) is 0 Å². The lowest BCUT2D eigenvalue weighted by atomic mass is 9.79. The minimum Gasteiger partial charge on any atom is -0.347 e. The quantitative estimate of drug-likeness (QED) is 0.901. The Morgan fingerprint density at radius 1 is 1.00 bits per heavy atom. The van der Waals surface area contributed by atoms with Gasteiger partial charge in [-0.2, -0.15) is 0 Å². The van der Waals surface area contributed by atoms with Crippen molar-refractivity contribution in [3.8, 4) is 0 Å². The van der Waals surface area contributed by atoms with Crippen LogP contribution in [-0.4, -0.2) is 36.0 Å². The smallest absolute Gasteiger partial charge is 0.251 e. The molecule has 0 unspecified atom stereocenters. The number of nitrogens with zero attached hydrogens (tertiary/aromatic N) is 1. The molecule has 3 fully saturated rings. The van der Waals surface area contributed by atoms with Gasteiger partial charge in [-0.25, -0.2) is 0 Å². The molecule has 1 N–H and O–H groups in total. The molecule has 4 heteroatoms. The summed E-state index contributed by atoms with van der Waals surface area (Å²) in [5, 5.41) is 3.30. The van der Waals surface area contributed by atoms with E-state index in [1.165, 1.54) is 30.8 Å². The van der Waals surface area contributed by atoms with Crippen LogP contribution in [0.4, 0.5) is 0 Å². The van der Waals surface area contributed by atoms with Gasteiger partial charge in [0.2, 0.25) is 0 Å². The van der Waals surface area contributed by atoms with Crippen LogP contribution >= 0.6 is 11.8 Å². The van der Waals surface area contributed by atoms with Crippen LogP contribution < -0.4 is 5.32 Å². The average molecular weight is 353 g/mol. The molecule has 0 aliphatic carbocycles. The van der Waals surface area contributed by atoms with Gasteiger partial charge >= 0.3 is 0 Å². The van der Waals surface area contributed by atoms with Crippen LogP contribution in [0.25, 0.3) is 0 Å². The first-order chi connectivity index (χ1) is 12.2. The van der Waals surface area contributed by atoms with Crippen LogP contribution in [0.2, 0.25) is 0 Å². The van der Waals surface area contributed by atoms with Gasteiger partial charge in [-0.05, 0) is 75.2 Å². The molecule has 2 bridgehead atoms. The topological polar surface area (TPSA) is 32.3 Å². The Morgan fingerprint density at radius 2 is 1.64 bits per heavy atom. The summed E-state index contributed by atoms with van der Waals surface area (Å²) in [6, 6.07) is 19.0. The summed E-state index contributed by atoms with van der Waals surface area (Å²) in [5.41, 5.74) is 0.751. The van der Waals surface area contributed by atoms with E-state index in [0.29, 0.717) is 12.0 Å². The Bertz CT molecular complexity index is 721. The highest BCUT2D eigenvalue weighted by Crippen LogP contribution is 2.32. The zero-order chi connectivity index (χ0) is 17.2. The first-order valence-corrected chi connectivity index (χ1v) is 9.90. The van der Waals surface area contributed by atoms with Gasteiger partial charge in [-0.3, -0.25) is 9.69 Å². The largest absolute Gasteiger partial charge is 0.347 e. The van der Waals surface area contributed by atoms with Crippen molar-refractivity contribution in [2.75, 3.05) is 13.1 Å². The monoisotopic (exact) mass is 352 g/mol. The highest BCUT2D eigenvalue weighted by atomic mass is 32.2. The number of nitrogens with one attached hydrogen (secondary N) is 1. The molecule has 5 rings (SSSR count). The third-order valence-corrected chi connectivity index (χ3v) is 6.59. The maximum Gasteiger partial charge on any atom is 0.251 e. The molecule has 3 nitrogen and oxygen atoms in total. The lowest BCUT2D eigenvalue weighted by molar-refractivity contribution is 0.0217. The predicted octanol–water partition coefficient (Wildman–Crippen LogP) is 4.05. The zero-order valence-electron chi connectivity index (χ0n) is 14.5. The van der Waals surface area contributed by atoms with E-state index >= 15 is 0 Å². The summed E-state index contributed by atoms with van der Waals surface area (Å²) in [5.74, 6) is 0.693. The van der Waals surface area contributed by atoms with Gasteiger partial charge in [0.25, 0.3) is 5.91 Å². The molecule has 1 amide bonds. The second-order valence-electron chi connectivity index (χ2n) is 7.05. The fourth-order valence-electron chi connectivity index (χ4n) is 4.08. The van der Waals surface area contributed by atoms with Gasteiger partial charge in [0, 0.05) is 27.4 Å². The molecular formula is C21H24N2OS. The second kappa shape index (κ2) is 7.22. The third-order valence-electron chi connectivity index (χ3n) is 5.57. The molecule has 130 valence electrons. The summed E-state index contributed by atoms with van der Waals surface area (Å²) in [4.78, 5) is 17.5. The molecular weight excluding hydrogens is 328 g/mol. The summed E-state index contributed by atoms with van der Waals surface area (Å²) in [7, 11) is 0. The number of fused-ring (bicyclic) bond motifs is 3. The number of rotatable bonds is 4. The third kappa shape index (κ3) is 3.60. The summed E-state index contributed by atoms with van der Waals surface area (Å²) >= 11 is 1.72. The molecule has 25 heavy (non-hydrogen) atoms. The second-order valence-corrected chi connectivity index (χ2v) is 8.20. The highest BCUT2D eigenvalue weighted by molar-refractivity contribution is 7.99. The van der Waals surface area contributed by atoms with Crippen molar-refractivity contribution in [1.29, 1.82) is 0 Å². The number of carbonyl (C=O) groups is 1. The van der Waals surface area contributed by atoms with Crippen molar-refractivity contribution < 1.29 is 4.79 Å². The standard InChI is InChI=1S/C21H24N2OS/c1-15-20(16-11-13-23(15)14-12-16)22-21(24)17-7-9-19(10-8-17)25-18-5-3-2-4-6-18/h2-10,15-16,20H,11-14H2,1H3,(H,22,24)/t15-,20-/m0/s1. The summed E-state index contributed by atoms with van der Waals surface area (Å²) in [6.07, 6.45) is 2.42. The molecule has 0 saturated carbocycles. The van der Waals surface area contributed by atoms with Gasteiger partial charge in [-0.1, -0.05) is 30.0 Å². The van der Waals surface area contributed by atoms with E-state index in [1.54, 1.807) is 11.8 Å². The van der Waals surface area contributed by atoms with Gasteiger partial charge in [-0.15, -0.1) is 0 Å².